The van der Waals surface area contributed by atoms with E-state index in [0.29, 0.717) is 25.3 Å². The predicted molar refractivity (Wildman–Crippen MR) is 73.3 cm³/mol. The summed E-state index contributed by atoms with van der Waals surface area (Å²) < 4.78 is 10.6. The molecule has 6 heteroatoms. The minimum Gasteiger partial charge on any atom is -0.376 e. The minimum atomic E-state index is 0.0594. The topological polar surface area (TPSA) is 77.2 Å². The molecule has 0 radical (unpaired) electrons. The summed E-state index contributed by atoms with van der Waals surface area (Å²) in [6.45, 7) is 5.48. The van der Waals surface area contributed by atoms with Crippen LogP contribution in [0.2, 0.25) is 0 Å². The first-order valence-corrected chi connectivity index (χ1v) is 7.36. The number of hydrogen-bond acceptors (Lipinski definition) is 5. The van der Waals surface area contributed by atoms with Gasteiger partial charge in [-0.1, -0.05) is 19.0 Å². The summed E-state index contributed by atoms with van der Waals surface area (Å²) in [6.07, 6.45) is 4.18. The van der Waals surface area contributed by atoms with Crippen LogP contribution in [0.15, 0.2) is 4.52 Å². The molecule has 112 valence electrons. The zero-order valence-corrected chi connectivity index (χ0v) is 12.2. The lowest BCUT2D eigenvalue weighted by Gasteiger charge is -2.10. The van der Waals surface area contributed by atoms with Crippen molar-refractivity contribution in [1.82, 2.24) is 15.5 Å². The van der Waals surface area contributed by atoms with Gasteiger partial charge in [0.15, 0.2) is 5.82 Å². The highest BCUT2D eigenvalue weighted by molar-refractivity contribution is 5.75. The number of rotatable bonds is 7. The number of amides is 1. The summed E-state index contributed by atoms with van der Waals surface area (Å²) in [6, 6.07) is 0. The van der Waals surface area contributed by atoms with Gasteiger partial charge >= 0.3 is 0 Å². The largest absolute Gasteiger partial charge is 0.376 e. The number of carbonyl (C=O) groups excluding carboxylic acids is 1. The van der Waals surface area contributed by atoms with E-state index < -0.39 is 0 Å². The van der Waals surface area contributed by atoms with Crippen molar-refractivity contribution in [2.75, 3.05) is 13.2 Å². The molecule has 2 rings (SSSR count). The Hall–Kier alpha value is -1.43. The number of nitrogens with one attached hydrogen (secondary N) is 1. The summed E-state index contributed by atoms with van der Waals surface area (Å²) in [5.74, 6) is 1.66. The van der Waals surface area contributed by atoms with Crippen molar-refractivity contribution < 1.29 is 14.1 Å². The molecule has 1 aromatic heterocycles. The molecule has 0 aromatic carbocycles. The molecule has 1 aliphatic rings. The monoisotopic (exact) mass is 281 g/mol. The fourth-order valence-electron chi connectivity index (χ4n) is 2.13. The second kappa shape index (κ2) is 7.38. The van der Waals surface area contributed by atoms with Gasteiger partial charge in [0.2, 0.25) is 11.8 Å². The SMILES string of the molecule is CC(C)c1noc(CCCC(=O)NC[C@H]2CCCO2)n1. The van der Waals surface area contributed by atoms with Gasteiger partial charge in [0, 0.05) is 31.9 Å². The maximum Gasteiger partial charge on any atom is 0.226 e. The van der Waals surface area contributed by atoms with Crippen molar-refractivity contribution in [3.05, 3.63) is 11.7 Å². The standard InChI is InChI=1S/C14H23N3O3/c1-10(2)14-16-13(20-17-14)7-3-6-12(18)15-9-11-5-4-8-19-11/h10-11H,3-9H2,1-2H3,(H,15,18)/t11-/m1/s1. The van der Waals surface area contributed by atoms with Gasteiger partial charge in [-0.2, -0.15) is 4.98 Å². The van der Waals surface area contributed by atoms with Gasteiger partial charge in [-0.3, -0.25) is 4.79 Å². The van der Waals surface area contributed by atoms with Crippen molar-refractivity contribution in [2.24, 2.45) is 0 Å². The molecule has 1 aromatic rings. The van der Waals surface area contributed by atoms with Crippen molar-refractivity contribution in [3.8, 4) is 0 Å². The smallest absolute Gasteiger partial charge is 0.226 e. The Bertz CT molecular complexity index is 425. The Morgan fingerprint density at radius 2 is 2.35 bits per heavy atom. The molecule has 1 amide bonds. The maximum absolute atomic E-state index is 11.7. The lowest BCUT2D eigenvalue weighted by atomic mass is 10.2. The number of aryl methyl sites for hydroxylation is 1. The van der Waals surface area contributed by atoms with Crippen molar-refractivity contribution >= 4 is 5.91 Å². The first kappa shape index (κ1) is 15.0. The highest BCUT2D eigenvalue weighted by atomic mass is 16.5. The van der Waals surface area contributed by atoms with Crippen LogP contribution in [0, 0.1) is 0 Å². The van der Waals surface area contributed by atoms with E-state index in [1.54, 1.807) is 0 Å². The average molecular weight is 281 g/mol. The highest BCUT2D eigenvalue weighted by Crippen LogP contribution is 2.12. The lowest BCUT2D eigenvalue weighted by Crippen LogP contribution is -2.31. The molecular formula is C14H23N3O3. The van der Waals surface area contributed by atoms with Crippen molar-refractivity contribution in [1.29, 1.82) is 0 Å². The molecule has 1 atom stereocenters. The summed E-state index contributed by atoms with van der Waals surface area (Å²) in [5.41, 5.74) is 0. The molecule has 0 saturated carbocycles. The molecule has 0 spiro atoms. The van der Waals surface area contributed by atoms with Crippen LogP contribution in [-0.2, 0) is 16.0 Å². The average Bonchev–Trinajstić information content (AvgIpc) is 3.07. The summed E-state index contributed by atoms with van der Waals surface area (Å²) >= 11 is 0. The number of carbonyl (C=O) groups is 1. The maximum atomic E-state index is 11.7. The van der Waals surface area contributed by atoms with E-state index in [2.05, 4.69) is 15.5 Å². The van der Waals surface area contributed by atoms with Crippen LogP contribution < -0.4 is 5.32 Å². The lowest BCUT2D eigenvalue weighted by molar-refractivity contribution is -0.121. The summed E-state index contributed by atoms with van der Waals surface area (Å²) in [4.78, 5) is 16.0. The number of aromatic nitrogens is 2. The normalized spacial score (nSPS) is 18.6. The molecule has 1 N–H and O–H groups in total. The third kappa shape index (κ3) is 4.59. The Labute approximate surface area is 119 Å². The van der Waals surface area contributed by atoms with Gasteiger partial charge in [-0.25, -0.2) is 0 Å². The molecule has 1 aliphatic heterocycles. The van der Waals surface area contributed by atoms with Crippen molar-refractivity contribution in [2.45, 2.75) is 58.0 Å². The number of nitrogens with zero attached hydrogens (tertiary/aromatic N) is 2. The third-order valence-electron chi connectivity index (χ3n) is 3.35. The molecule has 1 saturated heterocycles. The summed E-state index contributed by atoms with van der Waals surface area (Å²) in [7, 11) is 0. The fourth-order valence-corrected chi connectivity index (χ4v) is 2.13. The first-order valence-electron chi connectivity index (χ1n) is 7.36. The molecule has 0 bridgehead atoms. The third-order valence-corrected chi connectivity index (χ3v) is 3.35. The highest BCUT2D eigenvalue weighted by Gasteiger charge is 2.16. The minimum absolute atomic E-state index is 0.0594. The molecule has 1 fully saturated rings. The Morgan fingerprint density at radius 3 is 3.00 bits per heavy atom. The van der Waals surface area contributed by atoms with Crippen LogP contribution in [0.1, 0.15) is 57.2 Å². The second-order valence-electron chi connectivity index (χ2n) is 5.49. The van der Waals surface area contributed by atoms with E-state index in [4.69, 9.17) is 9.26 Å². The number of hydrogen-bond donors (Lipinski definition) is 1. The molecular weight excluding hydrogens is 258 g/mol. The van der Waals surface area contributed by atoms with Gasteiger partial charge < -0.3 is 14.6 Å². The number of ether oxygens (including phenoxy) is 1. The van der Waals surface area contributed by atoms with Gasteiger partial charge in [-0.15, -0.1) is 0 Å². The van der Waals surface area contributed by atoms with Gasteiger partial charge in [0.05, 0.1) is 6.10 Å². The Morgan fingerprint density at radius 1 is 1.50 bits per heavy atom. The van der Waals surface area contributed by atoms with E-state index in [9.17, 15) is 4.79 Å². The van der Waals surface area contributed by atoms with Crippen LogP contribution >= 0.6 is 0 Å². The molecule has 0 aliphatic carbocycles. The first-order chi connectivity index (χ1) is 9.65. The fraction of sp³-hybridized carbons (Fsp3) is 0.786. The van der Waals surface area contributed by atoms with Crippen molar-refractivity contribution in [3.63, 3.8) is 0 Å². The van der Waals surface area contributed by atoms with Crippen LogP contribution in [0.25, 0.3) is 0 Å². The summed E-state index contributed by atoms with van der Waals surface area (Å²) in [5, 5.41) is 6.80. The quantitative estimate of drug-likeness (QED) is 0.824. The van der Waals surface area contributed by atoms with Gasteiger partial charge in [0.1, 0.15) is 0 Å². The zero-order chi connectivity index (χ0) is 14.4. The van der Waals surface area contributed by atoms with Crippen LogP contribution in [0.3, 0.4) is 0 Å². The van der Waals surface area contributed by atoms with E-state index in [0.717, 1.165) is 31.7 Å². The Kier molecular flexibility index (Phi) is 5.52. The zero-order valence-electron chi connectivity index (χ0n) is 12.2. The predicted octanol–water partition coefficient (Wildman–Crippen LogP) is 1.81. The van der Waals surface area contributed by atoms with Crippen LogP contribution in [0.4, 0.5) is 0 Å². The molecule has 6 nitrogen and oxygen atoms in total. The van der Waals surface area contributed by atoms with Gasteiger partial charge in [-0.05, 0) is 19.3 Å². The van der Waals surface area contributed by atoms with E-state index in [1.165, 1.54) is 0 Å². The molecule has 20 heavy (non-hydrogen) atoms. The Balaban J connectivity index is 1.60. The van der Waals surface area contributed by atoms with Gasteiger partial charge in [0.25, 0.3) is 0 Å². The van der Waals surface area contributed by atoms with E-state index in [-0.39, 0.29) is 17.9 Å². The molecule has 0 unspecified atom stereocenters. The van der Waals surface area contributed by atoms with Crippen LogP contribution in [0.5, 0.6) is 0 Å². The second-order valence-corrected chi connectivity index (χ2v) is 5.49. The molecule has 2 heterocycles. The van der Waals surface area contributed by atoms with E-state index in [1.807, 2.05) is 13.8 Å². The van der Waals surface area contributed by atoms with Crippen LogP contribution in [-0.4, -0.2) is 35.3 Å². The van der Waals surface area contributed by atoms with E-state index >= 15 is 0 Å².